The molecule has 0 aliphatic heterocycles. The van der Waals surface area contributed by atoms with Crippen molar-refractivity contribution in [2.24, 2.45) is 0 Å². The molecule has 1 rings (SSSR count). The topological polar surface area (TPSA) is 64.1 Å². The van der Waals surface area contributed by atoms with Crippen LogP contribution in [-0.2, 0) is 14.9 Å². The number of aromatic nitrogens is 2. The van der Waals surface area contributed by atoms with E-state index in [9.17, 15) is 4.79 Å². The van der Waals surface area contributed by atoms with E-state index in [1.165, 1.54) is 0 Å². The molecule has 0 saturated carbocycles. The molecule has 0 amide bonds. The maximum Gasteiger partial charge on any atom is 0.328 e. The molecule has 0 aromatic carbocycles. The van der Waals surface area contributed by atoms with Crippen LogP contribution in [0.5, 0.6) is 0 Å². The Kier molecular flexibility index (Phi) is 5.29. The number of nitrogens with one attached hydrogen (secondary N) is 1. The first-order chi connectivity index (χ1) is 8.74. The number of carbonyl (C=O) groups excluding carboxylic acids is 1. The van der Waals surface area contributed by atoms with Crippen molar-refractivity contribution >= 4 is 27.7 Å². The fourth-order valence-corrected chi connectivity index (χ4v) is 1.76. The van der Waals surface area contributed by atoms with E-state index in [0.29, 0.717) is 22.9 Å². The maximum atomic E-state index is 11.6. The zero-order valence-corrected chi connectivity index (χ0v) is 13.5. The molecule has 1 aromatic rings. The van der Waals surface area contributed by atoms with E-state index in [2.05, 4.69) is 31.2 Å². The highest BCUT2D eigenvalue weighted by Crippen LogP contribution is 2.22. The number of hydrogen-bond donors (Lipinski definition) is 1. The van der Waals surface area contributed by atoms with E-state index >= 15 is 0 Å². The minimum absolute atomic E-state index is 0.159. The van der Waals surface area contributed by atoms with Crippen molar-refractivity contribution < 1.29 is 9.53 Å². The minimum atomic E-state index is -0.449. The first-order valence-electron chi connectivity index (χ1n) is 6.22. The van der Waals surface area contributed by atoms with Crippen molar-refractivity contribution in [1.29, 1.82) is 0 Å². The second kappa shape index (κ2) is 6.32. The summed E-state index contributed by atoms with van der Waals surface area (Å²) in [5, 5.41) is 3.02. The Balaban J connectivity index is 2.90. The summed E-state index contributed by atoms with van der Waals surface area (Å²) in [6.07, 6.45) is 0. The van der Waals surface area contributed by atoms with Crippen LogP contribution in [0.3, 0.4) is 0 Å². The van der Waals surface area contributed by atoms with Gasteiger partial charge in [-0.1, -0.05) is 20.8 Å². The van der Waals surface area contributed by atoms with Gasteiger partial charge in [-0.25, -0.2) is 14.8 Å². The van der Waals surface area contributed by atoms with Gasteiger partial charge in [-0.2, -0.15) is 0 Å². The molecule has 1 atom stereocenters. The van der Waals surface area contributed by atoms with Gasteiger partial charge in [-0.05, 0) is 29.8 Å². The van der Waals surface area contributed by atoms with Crippen LogP contribution in [0.15, 0.2) is 10.7 Å². The first-order valence-corrected chi connectivity index (χ1v) is 7.01. The Morgan fingerprint density at radius 3 is 2.63 bits per heavy atom. The molecule has 19 heavy (non-hydrogen) atoms. The first kappa shape index (κ1) is 15.9. The maximum absolute atomic E-state index is 11.6. The Morgan fingerprint density at radius 1 is 1.47 bits per heavy atom. The van der Waals surface area contributed by atoms with Gasteiger partial charge < -0.3 is 10.1 Å². The van der Waals surface area contributed by atoms with Gasteiger partial charge in [0.05, 0.1) is 6.61 Å². The number of hydrogen-bond acceptors (Lipinski definition) is 5. The third-order valence-corrected chi connectivity index (χ3v) is 2.78. The van der Waals surface area contributed by atoms with Crippen molar-refractivity contribution in [3.8, 4) is 0 Å². The molecular weight excluding hydrogens is 310 g/mol. The van der Waals surface area contributed by atoms with Crippen molar-refractivity contribution in [1.82, 2.24) is 9.97 Å². The van der Waals surface area contributed by atoms with Gasteiger partial charge in [0.2, 0.25) is 0 Å². The van der Waals surface area contributed by atoms with Crippen molar-refractivity contribution in [3.05, 3.63) is 16.5 Å². The molecule has 0 saturated heterocycles. The number of rotatable bonds is 4. The zero-order chi connectivity index (χ0) is 14.6. The highest BCUT2D eigenvalue weighted by Gasteiger charge is 2.20. The molecule has 1 aromatic heterocycles. The Morgan fingerprint density at radius 2 is 2.11 bits per heavy atom. The van der Waals surface area contributed by atoms with E-state index in [0.717, 1.165) is 0 Å². The van der Waals surface area contributed by atoms with Gasteiger partial charge in [0.25, 0.3) is 0 Å². The number of ether oxygens (including phenoxy) is 1. The summed E-state index contributed by atoms with van der Waals surface area (Å²) in [5.41, 5.74) is -0.159. The summed E-state index contributed by atoms with van der Waals surface area (Å²) < 4.78 is 5.63. The van der Waals surface area contributed by atoms with Crippen molar-refractivity contribution in [3.63, 3.8) is 0 Å². The molecule has 1 N–H and O–H groups in total. The second-order valence-electron chi connectivity index (χ2n) is 5.27. The zero-order valence-electron chi connectivity index (χ0n) is 12.0. The van der Waals surface area contributed by atoms with Crippen LogP contribution >= 0.6 is 15.9 Å². The lowest BCUT2D eigenvalue weighted by molar-refractivity contribution is -0.143. The Labute approximate surface area is 122 Å². The highest BCUT2D eigenvalue weighted by molar-refractivity contribution is 9.10. The minimum Gasteiger partial charge on any atom is -0.464 e. The number of esters is 1. The second-order valence-corrected chi connectivity index (χ2v) is 6.08. The summed E-state index contributed by atoms with van der Waals surface area (Å²) in [4.78, 5) is 20.3. The fourth-order valence-electron chi connectivity index (χ4n) is 1.37. The lowest BCUT2D eigenvalue weighted by atomic mass is 9.96. The van der Waals surface area contributed by atoms with Crippen molar-refractivity contribution in [2.75, 3.05) is 11.9 Å². The van der Waals surface area contributed by atoms with E-state index in [1.807, 2.05) is 20.8 Å². The summed E-state index contributed by atoms with van der Waals surface area (Å²) in [5.74, 6) is 1.02. The standard InChI is InChI=1S/C13H20BrN3O2/c1-6-19-11(18)8(2)15-10-7-9(14)16-12(17-10)13(3,4)5/h7-8H,6H2,1-5H3,(H,15,16,17). The molecule has 0 bridgehead atoms. The van der Waals surface area contributed by atoms with Crippen LogP contribution in [0, 0.1) is 0 Å². The molecule has 1 unspecified atom stereocenters. The average molecular weight is 330 g/mol. The molecule has 0 spiro atoms. The fraction of sp³-hybridized carbons (Fsp3) is 0.615. The predicted molar refractivity (Wildman–Crippen MR) is 78.1 cm³/mol. The van der Waals surface area contributed by atoms with Gasteiger partial charge in [0.1, 0.15) is 22.3 Å². The monoisotopic (exact) mass is 329 g/mol. The molecule has 0 fully saturated rings. The number of carbonyl (C=O) groups is 1. The summed E-state index contributed by atoms with van der Waals surface area (Å²) in [7, 11) is 0. The van der Waals surface area contributed by atoms with Crippen LogP contribution in [-0.4, -0.2) is 28.6 Å². The SMILES string of the molecule is CCOC(=O)C(C)Nc1cc(Br)nc(C(C)(C)C)n1. The smallest absolute Gasteiger partial charge is 0.328 e. The Hall–Kier alpha value is -1.17. The molecule has 106 valence electrons. The molecule has 5 nitrogen and oxygen atoms in total. The van der Waals surface area contributed by atoms with Crippen LogP contribution < -0.4 is 5.32 Å². The lowest BCUT2D eigenvalue weighted by Gasteiger charge is -2.19. The molecular formula is C13H20BrN3O2. The third kappa shape index (κ3) is 4.78. The molecule has 1 heterocycles. The quantitative estimate of drug-likeness (QED) is 0.679. The third-order valence-electron chi connectivity index (χ3n) is 2.37. The number of nitrogens with zero attached hydrogens (tertiary/aromatic N) is 2. The van der Waals surface area contributed by atoms with E-state index in [-0.39, 0.29) is 11.4 Å². The molecule has 0 aliphatic carbocycles. The number of anilines is 1. The summed E-state index contributed by atoms with van der Waals surface area (Å²) in [6, 6.07) is 1.29. The van der Waals surface area contributed by atoms with Crippen LogP contribution in [0.4, 0.5) is 5.82 Å². The summed E-state index contributed by atoms with van der Waals surface area (Å²) >= 11 is 3.36. The van der Waals surface area contributed by atoms with Crippen LogP contribution in [0.25, 0.3) is 0 Å². The van der Waals surface area contributed by atoms with Crippen molar-refractivity contribution in [2.45, 2.75) is 46.1 Å². The molecule has 6 heteroatoms. The Bertz CT molecular complexity index is 458. The molecule has 0 aliphatic rings. The average Bonchev–Trinajstić information content (AvgIpc) is 2.27. The number of halogens is 1. The van der Waals surface area contributed by atoms with E-state index in [4.69, 9.17) is 4.74 Å². The van der Waals surface area contributed by atoms with Crippen LogP contribution in [0.2, 0.25) is 0 Å². The highest BCUT2D eigenvalue weighted by atomic mass is 79.9. The van der Waals surface area contributed by atoms with Gasteiger partial charge in [0, 0.05) is 11.5 Å². The summed E-state index contributed by atoms with van der Waals surface area (Å²) in [6.45, 7) is 9.99. The lowest BCUT2D eigenvalue weighted by Crippen LogP contribution is -2.29. The van der Waals surface area contributed by atoms with Crippen LogP contribution in [0.1, 0.15) is 40.4 Å². The van der Waals surface area contributed by atoms with Gasteiger partial charge >= 0.3 is 5.97 Å². The van der Waals surface area contributed by atoms with E-state index < -0.39 is 6.04 Å². The molecule has 0 radical (unpaired) electrons. The normalized spacial score (nSPS) is 12.9. The van der Waals surface area contributed by atoms with Gasteiger partial charge in [-0.3, -0.25) is 0 Å². The van der Waals surface area contributed by atoms with Gasteiger partial charge in [-0.15, -0.1) is 0 Å². The predicted octanol–water partition coefficient (Wildman–Crippen LogP) is 2.90. The van der Waals surface area contributed by atoms with Gasteiger partial charge in [0.15, 0.2) is 0 Å². The largest absolute Gasteiger partial charge is 0.464 e. The van der Waals surface area contributed by atoms with E-state index in [1.54, 1.807) is 19.9 Å².